The van der Waals surface area contributed by atoms with Gasteiger partial charge in [0.15, 0.2) is 0 Å². The van der Waals surface area contributed by atoms with Gasteiger partial charge in [-0.2, -0.15) is 0 Å². The molecule has 2 aromatic rings. The number of benzene rings is 2. The number of halogens is 2. The minimum Gasteiger partial charge on any atom is -0.488 e. The Hall–Kier alpha value is -2.21. The molecule has 4 nitrogen and oxygen atoms in total. The van der Waals surface area contributed by atoms with Crippen LogP contribution in [0.3, 0.4) is 0 Å². The standard InChI is InChI=1S/C20H15Cl2NO3S/c1-2-9-26-17-8-5-14(10-16(17)22)11-18-19(24)23(20(25)27-18)12-13-3-6-15(21)7-4-13/h2-8,10-11H,1,9,12H2/b18-11-. The van der Waals surface area contributed by atoms with Gasteiger partial charge in [-0.3, -0.25) is 14.5 Å². The van der Waals surface area contributed by atoms with Crippen LogP contribution in [0, 0.1) is 0 Å². The largest absolute Gasteiger partial charge is 0.488 e. The Kier molecular flexibility index (Phi) is 6.26. The number of carbonyl (C=O) groups excluding carboxylic acids is 2. The van der Waals surface area contributed by atoms with E-state index in [-0.39, 0.29) is 17.7 Å². The number of rotatable bonds is 6. The maximum Gasteiger partial charge on any atom is 0.293 e. The van der Waals surface area contributed by atoms with Gasteiger partial charge in [-0.05, 0) is 53.2 Å². The SMILES string of the molecule is C=CCOc1ccc(/C=C2\SC(=O)N(Cc3ccc(Cl)cc3)C2=O)cc1Cl. The van der Waals surface area contributed by atoms with Crippen LogP contribution in [0.1, 0.15) is 11.1 Å². The number of hydrogen-bond acceptors (Lipinski definition) is 4. The summed E-state index contributed by atoms with van der Waals surface area (Å²) in [6.07, 6.45) is 3.27. The summed E-state index contributed by atoms with van der Waals surface area (Å²) >= 11 is 13.0. The smallest absolute Gasteiger partial charge is 0.293 e. The Balaban J connectivity index is 1.76. The molecular formula is C20H15Cl2NO3S. The summed E-state index contributed by atoms with van der Waals surface area (Å²) in [5, 5.41) is 0.717. The average Bonchev–Trinajstić information content (AvgIpc) is 2.90. The first-order valence-corrected chi connectivity index (χ1v) is 9.58. The predicted molar refractivity (Wildman–Crippen MR) is 110 cm³/mol. The van der Waals surface area contributed by atoms with Crippen LogP contribution in [-0.4, -0.2) is 22.7 Å². The van der Waals surface area contributed by atoms with E-state index in [1.807, 2.05) is 0 Å². The molecular weight excluding hydrogens is 405 g/mol. The van der Waals surface area contributed by atoms with Crippen molar-refractivity contribution in [1.29, 1.82) is 0 Å². The normalized spacial score (nSPS) is 15.5. The molecule has 0 spiro atoms. The second kappa shape index (κ2) is 8.65. The van der Waals surface area contributed by atoms with Gasteiger partial charge in [-0.15, -0.1) is 0 Å². The highest BCUT2D eigenvalue weighted by Crippen LogP contribution is 2.34. The molecule has 0 radical (unpaired) electrons. The molecule has 1 saturated heterocycles. The highest BCUT2D eigenvalue weighted by Gasteiger charge is 2.34. The van der Waals surface area contributed by atoms with Crippen molar-refractivity contribution in [2.75, 3.05) is 6.61 Å². The number of ether oxygens (including phenoxy) is 1. The van der Waals surface area contributed by atoms with Crippen LogP contribution in [0.2, 0.25) is 10.0 Å². The van der Waals surface area contributed by atoms with Crippen LogP contribution >= 0.6 is 35.0 Å². The summed E-state index contributed by atoms with van der Waals surface area (Å²) < 4.78 is 5.43. The molecule has 1 heterocycles. The van der Waals surface area contributed by atoms with Gasteiger partial charge in [0.25, 0.3) is 11.1 Å². The molecule has 0 aliphatic carbocycles. The van der Waals surface area contributed by atoms with Crippen molar-refractivity contribution in [2.45, 2.75) is 6.54 Å². The lowest BCUT2D eigenvalue weighted by molar-refractivity contribution is -0.123. The van der Waals surface area contributed by atoms with E-state index < -0.39 is 0 Å². The summed E-state index contributed by atoms with van der Waals surface area (Å²) in [5.41, 5.74) is 1.54. The van der Waals surface area contributed by atoms with E-state index >= 15 is 0 Å². The van der Waals surface area contributed by atoms with Gasteiger partial charge < -0.3 is 4.74 Å². The molecule has 1 aliphatic rings. The van der Waals surface area contributed by atoms with Gasteiger partial charge >= 0.3 is 0 Å². The first-order valence-electron chi connectivity index (χ1n) is 8.01. The van der Waals surface area contributed by atoms with Gasteiger partial charge in [0.1, 0.15) is 12.4 Å². The number of nitrogens with zero attached hydrogens (tertiary/aromatic N) is 1. The maximum atomic E-state index is 12.6. The fourth-order valence-electron chi connectivity index (χ4n) is 2.43. The molecule has 2 aromatic carbocycles. The second-order valence-electron chi connectivity index (χ2n) is 5.68. The fourth-order valence-corrected chi connectivity index (χ4v) is 3.64. The Morgan fingerprint density at radius 3 is 2.52 bits per heavy atom. The Morgan fingerprint density at radius 2 is 1.85 bits per heavy atom. The molecule has 138 valence electrons. The average molecular weight is 420 g/mol. The summed E-state index contributed by atoms with van der Waals surface area (Å²) in [7, 11) is 0. The molecule has 7 heteroatoms. The highest BCUT2D eigenvalue weighted by molar-refractivity contribution is 8.18. The van der Waals surface area contributed by atoms with E-state index in [1.165, 1.54) is 4.90 Å². The molecule has 0 N–H and O–H groups in total. The lowest BCUT2D eigenvalue weighted by Gasteiger charge is -2.12. The van der Waals surface area contributed by atoms with Crippen molar-refractivity contribution in [3.8, 4) is 5.75 Å². The molecule has 0 unspecified atom stereocenters. The van der Waals surface area contributed by atoms with Crippen molar-refractivity contribution >= 4 is 52.2 Å². The van der Waals surface area contributed by atoms with Gasteiger partial charge in [-0.25, -0.2) is 0 Å². The van der Waals surface area contributed by atoms with Crippen molar-refractivity contribution in [1.82, 2.24) is 4.90 Å². The molecule has 27 heavy (non-hydrogen) atoms. The molecule has 0 bridgehead atoms. The van der Waals surface area contributed by atoms with Crippen molar-refractivity contribution in [3.63, 3.8) is 0 Å². The number of carbonyl (C=O) groups is 2. The summed E-state index contributed by atoms with van der Waals surface area (Å²) in [6, 6.07) is 12.2. The predicted octanol–water partition coefficient (Wildman–Crippen LogP) is 5.79. The number of imide groups is 1. The molecule has 1 aliphatic heterocycles. The van der Waals surface area contributed by atoms with Gasteiger partial charge in [-0.1, -0.05) is 54.1 Å². The van der Waals surface area contributed by atoms with Crippen molar-refractivity contribution in [2.24, 2.45) is 0 Å². The van der Waals surface area contributed by atoms with Crippen LogP contribution in [0.5, 0.6) is 5.75 Å². The zero-order valence-corrected chi connectivity index (χ0v) is 16.5. The van der Waals surface area contributed by atoms with Crippen molar-refractivity contribution < 1.29 is 14.3 Å². The zero-order chi connectivity index (χ0) is 19.4. The van der Waals surface area contributed by atoms with Crippen LogP contribution in [-0.2, 0) is 11.3 Å². The van der Waals surface area contributed by atoms with E-state index in [2.05, 4.69) is 6.58 Å². The molecule has 0 aromatic heterocycles. The van der Waals surface area contributed by atoms with E-state index in [0.29, 0.717) is 32.9 Å². The first kappa shape index (κ1) is 19.5. The molecule has 1 fully saturated rings. The number of thioether (sulfide) groups is 1. The van der Waals surface area contributed by atoms with Crippen LogP contribution in [0.4, 0.5) is 4.79 Å². The minimum absolute atomic E-state index is 0.203. The topological polar surface area (TPSA) is 46.6 Å². The minimum atomic E-state index is -0.331. The third kappa shape index (κ3) is 4.75. The molecule has 3 rings (SSSR count). The van der Waals surface area contributed by atoms with Crippen LogP contribution in [0.25, 0.3) is 6.08 Å². The van der Waals surface area contributed by atoms with Gasteiger partial charge in [0, 0.05) is 5.02 Å². The molecule has 0 saturated carbocycles. The van der Waals surface area contributed by atoms with E-state index in [9.17, 15) is 9.59 Å². The monoisotopic (exact) mass is 419 g/mol. The van der Waals surface area contributed by atoms with Gasteiger partial charge in [0.05, 0.1) is 16.5 Å². The van der Waals surface area contributed by atoms with Crippen LogP contribution < -0.4 is 4.74 Å². The third-order valence-electron chi connectivity index (χ3n) is 3.74. The highest BCUT2D eigenvalue weighted by atomic mass is 35.5. The Labute approximate surface area is 171 Å². The summed E-state index contributed by atoms with van der Waals surface area (Å²) in [4.78, 5) is 26.4. The number of hydrogen-bond donors (Lipinski definition) is 0. The fraction of sp³-hybridized carbons (Fsp3) is 0.100. The third-order valence-corrected chi connectivity index (χ3v) is 5.19. The summed E-state index contributed by atoms with van der Waals surface area (Å²) in [6.45, 7) is 4.14. The lowest BCUT2D eigenvalue weighted by Crippen LogP contribution is -2.27. The van der Waals surface area contributed by atoms with E-state index in [0.717, 1.165) is 17.3 Å². The molecule has 2 amide bonds. The molecule has 0 atom stereocenters. The Bertz CT molecular complexity index is 925. The lowest BCUT2D eigenvalue weighted by atomic mass is 10.2. The van der Waals surface area contributed by atoms with E-state index in [4.69, 9.17) is 27.9 Å². The summed E-state index contributed by atoms with van der Waals surface area (Å²) in [5.74, 6) is 0.201. The maximum absolute atomic E-state index is 12.6. The second-order valence-corrected chi connectivity index (χ2v) is 7.52. The number of amides is 2. The van der Waals surface area contributed by atoms with Crippen molar-refractivity contribution in [3.05, 3.63) is 81.2 Å². The van der Waals surface area contributed by atoms with Crippen LogP contribution in [0.15, 0.2) is 60.0 Å². The Morgan fingerprint density at radius 1 is 1.11 bits per heavy atom. The van der Waals surface area contributed by atoms with Gasteiger partial charge in [0.2, 0.25) is 0 Å². The zero-order valence-electron chi connectivity index (χ0n) is 14.2. The quantitative estimate of drug-likeness (QED) is 0.438. The first-order chi connectivity index (χ1) is 13.0. The van der Waals surface area contributed by atoms with E-state index in [1.54, 1.807) is 54.6 Å².